The molecule has 13 heavy (non-hydrogen) atoms. The zero-order valence-electron chi connectivity index (χ0n) is 7.49. The lowest BCUT2D eigenvalue weighted by Crippen LogP contribution is -2.10. The molecule has 3 rings (SSSR count). The van der Waals surface area contributed by atoms with E-state index >= 15 is 0 Å². The molecule has 70 valence electrons. The SMILES string of the molecule is OC1(Cc2csc(C3CC3)n2)CC1. The van der Waals surface area contributed by atoms with Crippen molar-refractivity contribution in [2.45, 2.75) is 43.6 Å². The fourth-order valence-corrected chi connectivity index (χ4v) is 2.57. The maximum Gasteiger partial charge on any atom is 0.0959 e. The number of rotatable bonds is 3. The van der Waals surface area contributed by atoms with Crippen LogP contribution in [-0.2, 0) is 6.42 Å². The maximum atomic E-state index is 9.71. The molecular weight excluding hydrogens is 182 g/mol. The molecular formula is C10H13NOS. The molecule has 1 aromatic heterocycles. The lowest BCUT2D eigenvalue weighted by atomic mass is 10.2. The van der Waals surface area contributed by atoms with Gasteiger partial charge in [0.2, 0.25) is 0 Å². The highest BCUT2D eigenvalue weighted by atomic mass is 32.1. The fourth-order valence-electron chi connectivity index (χ4n) is 1.58. The van der Waals surface area contributed by atoms with E-state index in [-0.39, 0.29) is 5.60 Å². The summed E-state index contributed by atoms with van der Waals surface area (Å²) in [5.41, 5.74) is 0.724. The summed E-state index contributed by atoms with van der Waals surface area (Å²) < 4.78 is 0. The molecule has 0 atom stereocenters. The molecule has 1 aromatic rings. The van der Waals surface area contributed by atoms with Crippen molar-refractivity contribution in [1.29, 1.82) is 0 Å². The Morgan fingerprint density at radius 3 is 2.92 bits per heavy atom. The van der Waals surface area contributed by atoms with Gasteiger partial charge in [-0.1, -0.05) is 0 Å². The van der Waals surface area contributed by atoms with E-state index in [4.69, 9.17) is 0 Å². The van der Waals surface area contributed by atoms with Crippen LogP contribution < -0.4 is 0 Å². The molecule has 2 aliphatic carbocycles. The normalized spacial score (nSPS) is 24.7. The Morgan fingerprint density at radius 1 is 1.54 bits per heavy atom. The summed E-state index contributed by atoms with van der Waals surface area (Å²) in [6.07, 6.45) is 5.33. The maximum absolute atomic E-state index is 9.71. The molecule has 2 fully saturated rings. The third-order valence-corrected chi connectivity index (χ3v) is 3.89. The number of hydrogen-bond acceptors (Lipinski definition) is 3. The van der Waals surface area contributed by atoms with Gasteiger partial charge in [-0.05, 0) is 25.7 Å². The van der Waals surface area contributed by atoms with Crippen LogP contribution in [0.25, 0.3) is 0 Å². The first-order chi connectivity index (χ1) is 6.25. The van der Waals surface area contributed by atoms with Crippen molar-refractivity contribution in [2.24, 2.45) is 0 Å². The zero-order valence-corrected chi connectivity index (χ0v) is 8.31. The monoisotopic (exact) mass is 195 g/mol. The summed E-state index contributed by atoms with van der Waals surface area (Å²) in [4.78, 5) is 4.56. The van der Waals surface area contributed by atoms with Crippen LogP contribution in [0.5, 0.6) is 0 Å². The molecule has 0 aliphatic heterocycles. The second-order valence-electron chi connectivity index (χ2n) is 4.35. The number of thiazole rings is 1. The van der Waals surface area contributed by atoms with Gasteiger partial charge in [-0.15, -0.1) is 11.3 Å². The van der Waals surface area contributed by atoms with Crippen molar-refractivity contribution in [3.05, 3.63) is 16.1 Å². The molecule has 3 heteroatoms. The number of nitrogens with zero attached hydrogens (tertiary/aromatic N) is 1. The predicted octanol–water partition coefficient (Wildman–Crippen LogP) is 2.09. The molecule has 0 radical (unpaired) electrons. The lowest BCUT2D eigenvalue weighted by Gasteiger charge is -2.02. The van der Waals surface area contributed by atoms with Gasteiger partial charge < -0.3 is 5.11 Å². The minimum absolute atomic E-state index is 0.380. The molecule has 2 aliphatic rings. The van der Waals surface area contributed by atoms with E-state index in [2.05, 4.69) is 10.4 Å². The minimum Gasteiger partial charge on any atom is -0.389 e. The van der Waals surface area contributed by atoms with Crippen LogP contribution in [0.4, 0.5) is 0 Å². The Kier molecular flexibility index (Phi) is 1.56. The van der Waals surface area contributed by atoms with Crippen LogP contribution in [0, 0.1) is 0 Å². The molecule has 0 amide bonds. The molecule has 0 spiro atoms. The van der Waals surface area contributed by atoms with Gasteiger partial charge in [0.05, 0.1) is 16.3 Å². The van der Waals surface area contributed by atoms with Crippen molar-refractivity contribution >= 4 is 11.3 Å². The van der Waals surface area contributed by atoms with E-state index in [9.17, 15) is 5.11 Å². The first-order valence-corrected chi connectivity index (χ1v) is 5.80. The molecule has 0 bridgehead atoms. The fraction of sp³-hybridized carbons (Fsp3) is 0.700. The van der Waals surface area contributed by atoms with E-state index in [1.807, 2.05) is 0 Å². The summed E-state index contributed by atoms with van der Waals surface area (Å²) in [5.74, 6) is 0.757. The third-order valence-electron chi connectivity index (χ3n) is 2.83. The molecule has 2 saturated carbocycles. The second-order valence-corrected chi connectivity index (χ2v) is 5.24. The van der Waals surface area contributed by atoms with Gasteiger partial charge >= 0.3 is 0 Å². The highest BCUT2D eigenvalue weighted by Gasteiger charge is 2.41. The Balaban J connectivity index is 1.73. The summed E-state index contributed by atoms with van der Waals surface area (Å²) in [7, 11) is 0. The van der Waals surface area contributed by atoms with Gasteiger partial charge in [-0.2, -0.15) is 0 Å². The highest BCUT2D eigenvalue weighted by molar-refractivity contribution is 7.09. The van der Waals surface area contributed by atoms with E-state index in [0.29, 0.717) is 0 Å². The van der Waals surface area contributed by atoms with Crippen LogP contribution in [0.1, 0.15) is 42.3 Å². The molecule has 1 heterocycles. The van der Waals surface area contributed by atoms with Gasteiger partial charge in [0, 0.05) is 17.7 Å². The third kappa shape index (κ3) is 1.63. The summed E-state index contributed by atoms with van der Waals surface area (Å²) in [6, 6.07) is 0. The van der Waals surface area contributed by atoms with Gasteiger partial charge in [-0.25, -0.2) is 4.98 Å². The zero-order chi connectivity index (χ0) is 8.89. The summed E-state index contributed by atoms with van der Waals surface area (Å²) in [6.45, 7) is 0. The molecule has 2 nitrogen and oxygen atoms in total. The van der Waals surface area contributed by atoms with Crippen LogP contribution in [0.2, 0.25) is 0 Å². The number of aliphatic hydroxyl groups is 1. The van der Waals surface area contributed by atoms with Crippen molar-refractivity contribution in [1.82, 2.24) is 4.98 Å². The smallest absolute Gasteiger partial charge is 0.0959 e. The highest BCUT2D eigenvalue weighted by Crippen LogP contribution is 2.43. The van der Waals surface area contributed by atoms with Crippen molar-refractivity contribution in [3.63, 3.8) is 0 Å². The van der Waals surface area contributed by atoms with Crippen LogP contribution >= 0.6 is 11.3 Å². The molecule has 0 unspecified atom stereocenters. The quantitative estimate of drug-likeness (QED) is 0.801. The molecule has 0 aromatic carbocycles. The average Bonchev–Trinajstić information content (AvgIpc) is 2.99. The Hall–Kier alpha value is -0.410. The molecule has 1 N–H and O–H groups in total. The number of hydrogen-bond donors (Lipinski definition) is 1. The van der Waals surface area contributed by atoms with E-state index in [1.54, 1.807) is 11.3 Å². The first-order valence-electron chi connectivity index (χ1n) is 4.92. The standard InChI is InChI=1S/C10H13NOS/c12-10(3-4-10)5-8-6-13-9(11-8)7-1-2-7/h6-7,12H,1-5H2. The van der Waals surface area contributed by atoms with Gasteiger partial charge in [0.15, 0.2) is 0 Å². The lowest BCUT2D eigenvalue weighted by molar-refractivity contribution is 0.150. The Labute approximate surface area is 81.6 Å². The van der Waals surface area contributed by atoms with E-state index in [1.165, 1.54) is 17.8 Å². The van der Waals surface area contributed by atoms with Gasteiger partial charge in [0.25, 0.3) is 0 Å². The minimum atomic E-state index is -0.380. The first kappa shape index (κ1) is 7.94. The topological polar surface area (TPSA) is 33.1 Å². The van der Waals surface area contributed by atoms with Crippen molar-refractivity contribution in [2.75, 3.05) is 0 Å². The second kappa shape index (κ2) is 2.55. The van der Waals surface area contributed by atoms with Crippen LogP contribution in [-0.4, -0.2) is 15.7 Å². The van der Waals surface area contributed by atoms with Crippen LogP contribution in [0.3, 0.4) is 0 Å². The number of aromatic nitrogens is 1. The largest absolute Gasteiger partial charge is 0.389 e. The van der Waals surface area contributed by atoms with Crippen molar-refractivity contribution < 1.29 is 5.11 Å². The van der Waals surface area contributed by atoms with Crippen molar-refractivity contribution in [3.8, 4) is 0 Å². The van der Waals surface area contributed by atoms with E-state index in [0.717, 1.165) is 30.9 Å². The van der Waals surface area contributed by atoms with E-state index < -0.39 is 0 Å². The van der Waals surface area contributed by atoms with Crippen LogP contribution in [0.15, 0.2) is 5.38 Å². The van der Waals surface area contributed by atoms with Gasteiger partial charge in [-0.3, -0.25) is 0 Å². The molecule has 0 saturated heterocycles. The van der Waals surface area contributed by atoms with Gasteiger partial charge in [0.1, 0.15) is 0 Å². The predicted molar refractivity (Wildman–Crippen MR) is 52.0 cm³/mol. The average molecular weight is 195 g/mol. The summed E-state index contributed by atoms with van der Waals surface area (Å²) in [5, 5.41) is 13.1. The Bertz CT molecular complexity index is 325. The Morgan fingerprint density at radius 2 is 2.31 bits per heavy atom. The summed E-state index contributed by atoms with van der Waals surface area (Å²) >= 11 is 1.77.